The number of rotatable bonds is 7. The fraction of sp³-hybridized carbons (Fsp3) is 0. The van der Waals surface area contributed by atoms with E-state index in [1.807, 2.05) is 0 Å². The molecule has 0 amide bonds. The van der Waals surface area contributed by atoms with Crippen molar-refractivity contribution in [2.24, 2.45) is 0 Å². The molecule has 0 atom stereocenters. The lowest BCUT2D eigenvalue weighted by molar-refractivity contribution is 0.674. The van der Waals surface area contributed by atoms with Gasteiger partial charge in [-0.2, -0.15) is 0 Å². The summed E-state index contributed by atoms with van der Waals surface area (Å²) < 4.78 is 6.88. The third-order valence-electron chi connectivity index (χ3n) is 11.5. The van der Waals surface area contributed by atoms with Crippen molar-refractivity contribution in [3.05, 3.63) is 224 Å². The average Bonchev–Trinajstić information content (AvgIpc) is 3.70. The summed E-state index contributed by atoms with van der Waals surface area (Å²) >= 11 is 0. The predicted octanol–water partition coefficient (Wildman–Crippen LogP) is 16.0. The molecule has 0 saturated carbocycles. The Morgan fingerprint density at radius 1 is 0.259 bits per heavy atom. The van der Waals surface area contributed by atoms with Crippen LogP contribution in [0.15, 0.2) is 229 Å². The van der Waals surface area contributed by atoms with Gasteiger partial charge in [-0.25, -0.2) is 0 Å². The Morgan fingerprint density at radius 3 is 1.45 bits per heavy atom. The van der Waals surface area contributed by atoms with Crippen LogP contribution >= 0.6 is 0 Å². The van der Waals surface area contributed by atoms with Gasteiger partial charge in [0.15, 0.2) is 0 Å². The van der Waals surface area contributed by atoms with Crippen molar-refractivity contribution in [3.63, 3.8) is 0 Å². The first-order valence-corrected chi connectivity index (χ1v) is 19.8. The highest BCUT2D eigenvalue weighted by Gasteiger charge is 2.21. The molecule has 0 spiro atoms. The largest absolute Gasteiger partial charge is 0.455 e. The highest BCUT2D eigenvalue weighted by atomic mass is 16.3. The molecule has 1 heterocycles. The molecule has 11 rings (SSSR count). The molecule has 0 unspecified atom stereocenters. The third kappa shape index (κ3) is 5.82. The predicted molar refractivity (Wildman–Crippen MR) is 245 cm³/mol. The number of furan rings is 1. The number of benzene rings is 10. The Balaban J connectivity index is 1.05. The van der Waals surface area contributed by atoms with E-state index in [4.69, 9.17) is 4.42 Å². The second-order valence-corrected chi connectivity index (χ2v) is 14.9. The highest BCUT2D eigenvalue weighted by Crippen LogP contribution is 2.45. The maximum absolute atomic E-state index is 6.88. The maximum atomic E-state index is 6.88. The van der Waals surface area contributed by atoms with Crippen LogP contribution in [-0.2, 0) is 0 Å². The molecular formula is C56H37NO. The van der Waals surface area contributed by atoms with E-state index in [1.54, 1.807) is 0 Å². The fourth-order valence-corrected chi connectivity index (χ4v) is 8.62. The van der Waals surface area contributed by atoms with E-state index in [0.29, 0.717) is 0 Å². The molecular weight excluding hydrogens is 703 g/mol. The van der Waals surface area contributed by atoms with Gasteiger partial charge < -0.3 is 9.32 Å². The van der Waals surface area contributed by atoms with E-state index in [9.17, 15) is 0 Å². The molecule has 0 aliphatic rings. The standard InChI is InChI=1S/C56H37NO/c1-2-12-38(13-3-1)39-24-26-40(27-25-39)41-28-33-45(34-29-41)57(46-35-30-44(31-36-46)48-20-10-16-42-14-4-6-17-47(42)48)54-23-9-8-19-50(54)51-21-11-22-52-53-37-32-43-15-5-7-18-49(43)55(53)58-56(51)52/h1-37H. The van der Waals surface area contributed by atoms with Crippen LogP contribution < -0.4 is 4.90 Å². The van der Waals surface area contributed by atoms with Gasteiger partial charge in [0.05, 0.1) is 5.69 Å². The first-order chi connectivity index (χ1) is 28.8. The second-order valence-electron chi connectivity index (χ2n) is 14.9. The summed E-state index contributed by atoms with van der Waals surface area (Å²) in [5.41, 5.74) is 14.4. The summed E-state index contributed by atoms with van der Waals surface area (Å²) in [7, 11) is 0. The lowest BCUT2D eigenvalue weighted by Gasteiger charge is -2.28. The van der Waals surface area contributed by atoms with Gasteiger partial charge in [0.2, 0.25) is 0 Å². The zero-order valence-electron chi connectivity index (χ0n) is 31.7. The molecule has 0 bridgehead atoms. The molecule has 1 aromatic heterocycles. The van der Waals surface area contributed by atoms with Crippen molar-refractivity contribution in [2.75, 3.05) is 4.90 Å². The molecule has 0 saturated heterocycles. The summed E-state index contributed by atoms with van der Waals surface area (Å²) in [6, 6.07) is 80.5. The number of anilines is 3. The number of hydrogen-bond acceptors (Lipinski definition) is 2. The SMILES string of the molecule is c1ccc(-c2ccc(-c3ccc(N(c4ccc(-c5cccc6ccccc56)cc4)c4ccccc4-c4cccc5c4oc4c6ccccc6ccc54)cc3)cc2)cc1. The topological polar surface area (TPSA) is 16.4 Å². The third-order valence-corrected chi connectivity index (χ3v) is 11.5. The first-order valence-electron chi connectivity index (χ1n) is 19.8. The molecule has 272 valence electrons. The molecule has 0 aliphatic heterocycles. The van der Waals surface area contributed by atoms with Crippen LogP contribution in [0.2, 0.25) is 0 Å². The van der Waals surface area contributed by atoms with Gasteiger partial charge in [-0.05, 0) is 85.9 Å². The quantitative estimate of drug-likeness (QED) is 0.162. The Hall–Kier alpha value is -7.68. The fourth-order valence-electron chi connectivity index (χ4n) is 8.62. The van der Waals surface area contributed by atoms with Crippen LogP contribution in [0.5, 0.6) is 0 Å². The van der Waals surface area contributed by atoms with Gasteiger partial charge in [-0.3, -0.25) is 0 Å². The molecule has 0 aliphatic carbocycles. The molecule has 11 aromatic rings. The van der Waals surface area contributed by atoms with Gasteiger partial charge in [0.1, 0.15) is 11.2 Å². The Morgan fingerprint density at radius 2 is 0.724 bits per heavy atom. The number of nitrogens with zero attached hydrogens (tertiary/aromatic N) is 1. The van der Waals surface area contributed by atoms with E-state index >= 15 is 0 Å². The van der Waals surface area contributed by atoms with Crippen LogP contribution in [0.1, 0.15) is 0 Å². The van der Waals surface area contributed by atoms with Gasteiger partial charge >= 0.3 is 0 Å². The van der Waals surface area contributed by atoms with Crippen LogP contribution in [0, 0.1) is 0 Å². The summed E-state index contributed by atoms with van der Waals surface area (Å²) in [5.74, 6) is 0. The van der Waals surface area contributed by atoms with Gasteiger partial charge in [0, 0.05) is 38.7 Å². The maximum Gasteiger partial charge on any atom is 0.143 e. The van der Waals surface area contributed by atoms with Crippen LogP contribution in [0.25, 0.3) is 88.0 Å². The summed E-state index contributed by atoms with van der Waals surface area (Å²) in [6.45, 7) is 0. The minimum Gasteiger partial charge on any atom is -0.455 e. The van der Waals surface area contributed by atoms with Crippen LogP contribution in [-0.4, -0.2) is 0 Å². The van der Waals surface area contributed by atoms with E-state index in [-0.39, 0.29) is 0 Å². The van der Waals surface area contributed by atoms with Crippen LogP contribution in [0.4, 0.5) is 17.1 Å². The van der Waals surface area contributed by atoms with Crippen molar-refractivity contribution in [1.82, 2.24) is 0 Å². The van der Waals surface area contributed by atoms with Crippen molar-refractivity contribution in [1.29, 1.82) is 0 Å². The Bertz CT molecular complexity index is 3250. The van der Waals surface area contributed by atoms with Crippen molar-refractivity contribution >= 4 is 60.5 Å². The Kier molecular flexibility index (Phi) is 8.19. The Labute approximate surface area is 337 Å². The first kappa shape index (κ1) is 33.6. The van der Waals surface area contributed by atoms with Gasteiger partial charge in [-0.1, -0.05) is 188 Å². The minimum atomic E-state index is 0.891. The monoisotopic (exact) mass is 739 g/mol. The van der Waals surface area contributed by atoms with E-state index in [1.165, 1.54) is 49.5 Å². The van der Waals surface area contributed by atoms with Crippen LogP contribution in [0.3, 0.4) is 0 Å². The summed E-state index contributed by atoms with van der Waals surface area (Å²) in [6.07, 6.45) is 0. The molecule has 0 radical (unpaired) electrons. The minimum absolute atomic E-state index is 0.891. The van der Waals surface area contributed by atoms with Crippen molar-refractivity contribution in [3.8, 4) is 44.5 Å². The van der Waals surface area contributed by atoms with Crippen molar-refractivity contribution in [2.45, 2.75) is 0 Å². The normalized spacial score (nSPS) is 11.4. The smallest absolute Gasteiger partial charge is 0.143 e. The van der Waals surface area contributed by atoms with Gasteiger partial charge in [-0.15, -0.1) is 0 Å². The second kappa shape index (κ2) is 14.1. The summed E-state index contributed by atoms with van der Waals surface area (Å²) in [5, 5.41) is 7.02. The molecule has 58 heavy (non-hydrogen) atoms. The van der Waals surface area contributed by atoms with Gasteiger partial charge in [0.25, 0.3) is 0 Å². The highest BCUT2D eigenvalue weighted by molar-refractivity contribution is 6.17. The summed E-state index contributed by atoms with van der Waals surface area (Å²) in [4.78, 5) is 2.38. The molecule has 10 aromatic carbocycles. The number of para-hydroxylation sites is 2. The molecule has 2 nitrogen and oxygen atoms in total. The molecule has 0 fully saturated rings. The lowest BCUT2D eigenvalue weighted by atomic mass is 9.97. The zero-order valence-corrected chi connectivity index (χ0v) is 31.7. The number of hydrogen-bond donors (Lipinski definition) is 0. The molecule has 0 N–H and O–H groups in total. The zero-order chi connectivity index (χ0) is 38.4. The van der Waals surface area contributed by atoms with E-state index < -0.39 is 0 Å². The number of fused-ring (bicyclic) bond motifs is 6. The van der Waals surface area contributed by atoms with E-state index in [2.05, 4.69) is 229 Å². The molecule has 2 heteroatoms. The average molecular weight is 740 g/mol. The van der Waals surface area contributed by atoms with E-state index in [0.717, 1.165) is 55.5 Å². The lowest BCUT2D eigenvalue weighted by Crippen LogP contribution is -2.11. The van der Waals surface area contributed by atoms with Crippen molar-refractivity contribution < 1.29 is 4.42 Å².